The summed E-state index contributed by atoms with van der Waals surface area (Å²) in [6.45, 7) is 0. The number of fused-ring (bicyclic) bond motifs is 4. The molecule has 0 N–H and O–H groups in total. The van der Waals surface area contributed by atoms with Crippen molar-refractivity contribution in [1.82, 2.24) is 40.3 Å². The summed E-state index contributed by atoms with van der Waals surface area (Å²) in [5, 5.41) is 12.9. The molecule has 53 heavy (non-hydrogen) atoms. The highest BCUT2D eigenvalue weighted by Crippen LogP contribution is 2.37. The van der Waals surface area contributed by atoms with Gasteiger partial charge in [-0.1, -0.05) is 146 Å². The number of nitrogens with zero attached hydrogens (tertiary/aromatic N) is 8. The monoisotopic (exact) mass is 698 g/mol. The second-order valence-electron chi connectivity index (χ2n) is 12.6. The van der Waals surface area contributed by atoms with Gasteiger partial charge in [0.1, 0.15) is 21.6 Å². The van der Waals surface area contributed by atoms with Gasteiger partial charge in [-0.2, -0.15) is 0 Å². The molecule has 0 radical (unpaired) electrons. The molecule has 0 atom stereocenters. The van der Waals surface area contributed by atoms with E-state index in [9.17, 15) is 0 Å². The van der Waals surface area contributed by atoms with Crippen molar-refractivity contribution < 1.29 is 0 Å². The number of rotatable bonds is 6. The van der Waals surface area contributed by atoms with Crippen LogP contribution in [-0.4, -0.2) is 40.3 Å². The van der Waals surface area contributed by atoms with Crippen molar-refractivity contribution in [3.8, 4) is 67.7 Å². The molecule has 0 spiro atoms. The van der Waals surface area contributed by atoms with E-state index in [1.807, 2.05) is 72.8 Å². The van der Waals surface area contributed by atoms with Crippen molar-refractivity contribution in [2.45, 2.75) is 0 Å². The average molecular weight is 699 g/mol. The van der Waals surface area contributed by atoms with Crippen molar-refractivity contribution in [3.63, 3.8) is 0 Å². The van der Waals surface area contributed by atoms with E-state index < -0.39 is 0 Å². The molecule has 6 aromatic carbocycles. The van der Waals surface area contributed by atoms with Crippen molar-refractivity contribution in [2.24, 2.45) is 0 Å². The van der Waals surface area contributed by atoms with Gasteiger partial charge in [-0.15, -0.1) is 21.5 Å². The third-order valence-electron chi connectivity index (χ3n) is 9.23. The quantitative estimate of drug-likeness (QED) is 0.169. The maximum absolute atomic E-state index is 4.96. The summed E-state index contributed by atoms with van der Waals surface area (Å²) >= 11 is 1.54. The Morgan fingerprint density at radius 2 is 0.736 bits per heavy atom. The number of thiophene rings is 1. The van der Waals surface area contributed by atoms with Crippen molar-refractivity contribution in [2.75, 3.05) is 0 Å². The molecule has 0 unspecified atom stereocenters. The van der Waals surface area contributed by atoms with Crippen molar-refractivity contribution in [1.29, 1.82) is 0 Å². The highest BCUT2D eigenvalue weighted by molar-refractivity contribution is 7.25. The van der Waals surface area contributed by atoms with Crippen LogP contribution >= 0.6 is 11.3 Å². The molecule has 248 valence electrons. The van der Waals surface area contributed by atoms with E-state index in [4.69, 9.17) is 24.9 Å². The first kappa shape index (κ1) is 30.7. The molecule has 4 heterocycles. The molecule has 10 aromatic rings. The first-order valence-corrected chi connectivity index (χ1v) is 17.9. The molecule has 0 aliphatic rings. The zero-order chi connectivity index (χ0) is 35.1. The highest BCUT2D eigenvalue weighted by Gasteiger charge is 2.17. The highest BCUT2D eigenvalue weighted by atomic mass is 32.1. The van der Waals surface area contributed by atoms with Gasteiger partial charge in [0.15, 0.2) is 17.5 Å². The van der Waals surface area contributed by atoms with Crippen LogP contribution in [-0.2, 0) is 0 Å². The second kappa shape index (κ2) is 12.9. The van der Waals surface area contributed by atoms with E-state index in [-0.39, 0.29) is 0 Å². The fourth-order valence-electron chi connectivity index (χ4n) is 6.49. The number of para-hydroxylation sites is 2. The van der Waals surface area contributed by atoms with Gasteiger partial charge in [-0.3, -0.25) is 0 Å². The minimum Gasteiger partial charge on any atom is -0.241 e. The lowest BCUT2D eigenvalue weighted by atomic mass is 10.0. The van der Waals surface area contributed by atoms with Crippen LogP contribution in [0.15, 0.2) is 158 Å². The third kappa shape index (κ3) is 5.75. The van der Waals surface area contributed by atoms with Crippen LogP contribution in [0.3, 0.4) is 0 Å². The van der Waals surface area contributed by atoms with Gasteiger partial charge in [-0.05, 0) is 39.6 Å². The minimum absolute atomic E-state index is 0.614. The van der Waals surface area contributed by atoms with Crippen LogP contribution in [0.25, 0.3) is 99.3 Å². The largest absolute Gasteiger partial charge is 0.241 e. The van der Waals surface area contributed by atoms with Gasteiger partial charge in [0, 0.05) is 22.3 Å². The van der Waals surface area contributed by atoms with Crippen LogP contribution in [0.1, 0.15) is 0 Å². The Kier molecular flexibility index (Phi) is 7.47. The molecule has 0 bridgehead atoms. The van der Waals surface area contributed by atoms with Crippen LogP contribution in [0, 0.1) is 0 Å². The maximum Gasteiger partial charge on any atom is 0.164 e. The SMILES string of the molecule is c1ccc(-c2ccc(-c3nc(-c4ccccc4)nc(-c4ccc(-c5ccc(-c6nnnc7c6sc6nc8ccccc8nc67)cc5)cc4)n3)cc2)cc1. The molecule has 9 heteroatoms. The van der Waals surface area contributed by atoms with E-state index in [1.54, 1.807) is 11.3 Å². The van der Waals surface area contributed by atoms with E-state index in [0.29, 0.717) is 23.0 Å². The zero-order valence-electron chi connectivity index (χ0n) is 28.0. The lowest BCUT2D eigenvalue weighted by molar-refractivity contribution is 0.904. The molecule has 0 aliphatic carbocycles. The molecule has 0 amide bonds. The molecule has 0 saturated carbocycles. The number of benzene rings is 6. The normalized spacial score (nSPS) is 11.4. The fourth-order valence-corrected chi connectivity index (χ4v) is 7.55. The van der Waals surface area contributed by atoms with E-state index in [2.05, 4.69) is 100 Å². The second-order valence-corrected chi connectivity index (χ2v) is 13.6. The van der Waals surface area contributed by atoms with Gasteiger partial charge in [0.2, 0.25) is 0 Å². The van der Waals surface area contributed by atoms with E-state index in [1.165, 1.54) is 5.56 Å². The third-order valence-corrected chi connectivity index (χ3v) is 10.3. The van der Waals surface area contributed by atoms with Gasteiger partial charge >= 0.3 is 0 Å². The molecule has 4 aromatic heterocycles. The lowest BCUT2D eigenvalue weighted by Gasteiger charge is -2.10. The molecule has 0 aliphatic heterocycles. The van der Waals surface area contributed by atoms with Crippen molar-refractivity contribution in [3.05, 3.63) is 158 Å². The lowest BCUT2D eigenvalue weighted by Crippen LogP contribution is -2.00. The average Bonchev–Trinajstić information content (AvgIpc) is 3.61. The van der Waals surface area contributed by atoms with E-state index in [0.717, 1.165) is 70.7 Å². The Hall–Kier alpha value is -7.10. The Balaban J connectivity index is 0.965. The summed E-state index contributed by atoms with van der Waals surface area (Å²) in [5.74, 6) is 1.87. The topological polar surface area (TPSA) is 103 Å². The first-order chi connectivity index (χ1) is 26.2. The Morgan fingerprint density at radius 3 is 1.28 bits per heavy atom. The van der Waals surface area contributed by atoms with E-state index >= 15 is 0 Å². The molecular formula is C44H26N8S. The summed E-state index contributed by atoms with van der Waals surface area (Å²) in [4.78, 5) is 25.3. The molecule has 0 fully saturated rings. The summed E-state index contributed by atoms with van der Waals surface area (Å²) in [7, 11) is 0. The summed E-state index contributed by atoms with van der Waals surface area (Å²) in [6, 6.07) is 53.3. The predicted molar refractivity (Wildman–Crippen MR) is 212 cm³/mol. The molecular weight excluding hydrogens is 673 g/mol. The smallest absolute Gasteiger partial charge is 0.164 e. The van der Waals surface area contributed by atoms with Crippen molar-refractivity contribution >= 4 is 42.9 Å². The van der Waals surface area contributed by atoms with Crippen LogP contribution in [0.2, 0.25) is 0 Å². The standard InChI is InChI=1S/C44H26N8S/c1-3-9-27(10-4-1)28-17-23-33(24-18-28)42-47-41(32-11-5-2-6-12-32)48-43(49-42)34-25-19-30(20-26-34)29-15-21-31(22-16-29)37-40-38(51-52-50-37)39-44(53-40)46-36-14-8-7-13-35(36)45-39/h1-26H. The van der Waals surface area contributed by atoms with Gasteiger partial charge < -0.3 is 0 Å². The number of aromatic nitrogens is 8. The Labute approximate surface area is 307 Å². The summed E-state index contributed by atoms with van der Waals surface area (Å²) in [6.07, 6.45) is 0. The molecule has 10 rings (SSSR count). The van der Waals surface area contributed by atoms with Gasteiger partial charge in [-0.25, -0.2) is 24.9 Å². The zero-order valence-corrected chi connectivity index (χ0v) is 28.8. The number of hydrogen-bond acceptors (Lipinski definition) is 9. The first-order valence-electron chi connectivity index (χ1n) is 17.1. The fraction of sp³-hybridized carbons (Fsp3) is 0. The summed E-state index contributed by atoms with van der Waals surface area (Å²) < 4.78 is 0.918. The van der Waals surface area contributed by atoms with Crippen LogP contribution < -0.4 is 0 Å². The van der Waals surface area contributed by atoms with Gasteiger partial charge in [0.25, 0.3) is 0 Å². The van der Waals surface area contributed by atoms with Gasteiger partial charge in [0.05, 0.1) is 15.7 Å². The molecule has 8 nitrogen and oxygen atoms in total. The number of hydrogen-bond donors (Lipinski definition) is 0. The predicted octanol–water partition coefficient (Wildman–Crippen LogP) is 10.4. The molecule has 0 saturated heterocycles. The maximum atomic E-state index is 4.96. The van der Waals surface area contributed by atoms with Crippen LogP contribution in [0.4, 0.5) is 0 Å². The Bertz CT molecular complexity index is 2910. The summed E-state index contributed by atoms with van der Waals surface area (Å²) in [5.41, 5.74) is 12.1. The van der Waals surface area contributed by atoms with Crippen LogP contribution in [0.5, 0.6) is 0 Å². The Morgan fingerprint density at radius 1 is 0.321 bits per heavy atom. The minimum atomic E-state index is 0.614.